The van der Waals surface area contributed by atoms with Gasteiger partial charge in [-0.2, -0.15) is 5.10 Å². The van der Waals surface area contributed by atoms with E-state index in [0.29, 0.717) is 12.8 Å². The van der Waals surface area contributed by atoms with Crippen LogP contribution in [-0.4, -0.2) is 21.3 Å². The molecule has 0 aliphatic rings. The molecule has 1 rings (SSSR count). The molecule has 0 spiro atoms. The van der Waals surface area contributed by atoms with Crippen molar-refractivity contribution >= 4 is 21.9 Å². The van der Waals surface area contributed by atoms with E-state index < -0.39 is 5.97 Å². The van der Waals surface area contributed by atoms with E-state index in [1.54, 1.807) is 13.1 Å². The Balaban J connectivity index is 2.44. The molecule has 0 amide bonds. The van der Waals surface area contributed by atoms with Gasteiger partial charge in [0.05, 0.1) is 16.6 Å². The fourth-order valence-corrected chi connectivity index (χ4v) is 1.35. The van der Waals surface area contributed by atoms with Gasteiger partial charge in [0.15, 0.2) is 0 Å². The van der Waals surface area contributed by atoms with E-state index in [0.717, 1.165) is 10.2 Å². The van der Waals surface area contributed by atoms with E-state index in [2.05, 4.69) is 26.1 Å². The first-order valence-corrected chi connectivity index (χ1v) is 4.81. The SMILES string of the molecule is CC(CCc1[nH]ncc1Br)C(=O)O. The first-order chi connectivity index (χ1) is 6.11. The number of aliphatic carboxylic acids is 1. The minimum atomic E-state index is -0.754. The van der Waals surface area contributed by atoms with Crippen molar-refractivity contribution < 1.29 is 9.90 Å². The fraction of sp³-hybridized carbons (Fsp3) is 0.500. The second-order valence-electron chi connectivity index (χ2n) is 2.97. The van der Waals surface area contributed by atoms with Crippen LogP contribution in [0.2, 0.25) is 0 Å². The summed E-state index contributed by atoms with van der Waals surface area (Å²) in [6, 6.07) is 0. The van der Waals surface area contributed by atoms with Gasteiger partial charge in [0.25, 0.3) is 0 Å². The van der Waals surface area contributed by atoms with Crippen molar-refractivity contribution in [3.8, 4) is 0 Å². The molecule has 0 aliphatic heterocycles. The van der Waals surface area contributed by atoms with Crippen LogP contribution in [0.25, 0.3) is 0 Å². The lowest BCUT2D eigenvalue weighted by Crippen LogP contribution is -2.10. The molecule has 13 heavy (non-hydrogen) atoms. The van der Waals surface area contributed by atoms with Gasteiger partial charge in [0, 0.05) is 5.69 Å². The van der Waals surface area contributed by atoms with E-state index in [9.17, 15) is 4.79 Å². The Kier molecular flexibility index (Phi) is 3.48. The van der Waals surface area contributed by atoms with Gasteiger partial charge >= 0.3 is 5.97 Å². The van der Waals surface area contributed by atoms with Crippen LogP contribution in [0.5, 0.6) is 0 Å². The van der Waals surface area contributed by atoms with Crippen molar-refractivity contribution in [2.45, 2.75) is 19.8 Å². The summed E-state index contributed by atoms with van der Waals surface area (Å²) in [6.45, 7) is 1.70. The van der Waals surface area contributed by atoms with E-state index in [-0.39, 0.29) is 5.92 Å². The summed E-state index contributed by atoms with van der Waals surface area (Å²) < 4.78 is 0.907. The molecule has 0 aliphatic carbocycles. The first kappa shape index (κ1) is 10.2. The summed E-state index contributed by atoms with van der Waals surface area (Å²) >= 11 is 3.31. The Hall–Kier alpha value is -0.840. The number of aryl methyl sites for hydroxylation is 1. The number of carboxylic acids is 1. The average molecular weight is 247 g/mol. The average Bonchev–Trinajstić information content (AvgIpc) is 2.47. The van der Waals surface area contributed by atoms with E-state index >= 15 is 0 Å². The molecule has 1 atom stereocenters. The van der Waals surface area contributed by atoms with Crippen LogP contribution < -0.4 is 0 Å². The highest BCUT2D eigenvalue weighted by molar-refractivity contribution is 9.10. The monoisotopic (exact) mass is 246 g/mol. The van der Waals surface area contributed by atoms with E-state index in [1.807, 2.05) is 0 Å². The Morgan fingerprint density at radius 2 is 2.54 bits per heavy atom. The number of hydrogen-bond acceptors (Lipinski definition) is 2. The van der Waals surface area contributed by atoms with Crippen LogP contribution in [0, 0.1) is 5.92 Å². The van der Waals surface area contributed by atoms with Crippen LogP contribution >= 0.6 is 15.9 Å². The molecule has 5 heteroatoms. The third-order valence-electron chi connectivity index (χ3n) is 1.91. The molecule has 0 fully saturated rings. The number of carboxylic acid groups (broad SMARTS) is 1. The van der Waals surface area contributed by atoms with Crippen LogP contribution in [-0.2, 0) is 11.2 Å². The number of nitrogens with one attached hydrogen (secondary N) is 1. The molecule has 1 aromatic heterocycles. The second-order valence-corrected chi connectivity index (χ2v) is 3.83. The maximum atomic E-state index is 10.5. The fourth-order valence-electron chi connectivity index (χ4n) is 0.958. The summed E-state index contributed by atoms with van der Waals surface area (Å²) in [7, 11) is 0. The molecule has 1 heterocycles. The molecule has 0 saturated heterocycles. The number of halogens is 1. The van der Waals surface area contributed by atoms with Crippen LogP contribution in [0.3, 0.4) is 0 Å². The smallest absolute Gasteiger partial charge is 0.306 e. The standard InChI is InChI=1S/C8H11BrN2O2/c1-5(8(12)13)2-3-7-6(9)4-10-11-7/h4-5H,2-3H2,1H3,(H,10,11)(H,12,13). The van der Waals surface area contributed by atoms with Gasteiger partial charge in [-0.3, -0.25) is 9.89 Å². The van der Waals surface area contributed by atoms with E-state index in [1.165, 1.54) is 0 Å². The maximum absolute atomic E-state index is 10.5. The van der Waals surface area contributed by atoms with Crippen LogP contribution in [0.4, 0.5) is 0 Å². The number of H-pyrrole nitrogens is 1. The number of aromatic amines is 1. The summed E-state index contributed by atoms with van der Waals surface area (Å²) in [5.74, 6) is -1.06. The zero-order chi connectivity index (χ0) is 9.84. The molecule has 0 bridgehead atoms. The van der Waals surface area contributed by atoms with Crippen LogP contribution in [0.1, 0.15) is 19.0 Å². The Morgan fingerprint density at radius 3 is 3.00 bits per heavy atom. The highest BCUT2D eigenvalue weighted by Crippen LogP contribution is 2.16. The zero-order valence-corrected chi connectivity index (χ0v) is 8.84. The minimum absolute atomic E-state index is 0.310. The Morgan fingerprint density at radius 1 is 1.85 bits per heavy atom. The summed E-state index contributed by atoms with van der Waals surface area (Å²) in [5, 5.41) is 15.3. The second kappa shape index (κ2) is 4.41. The van der Waals surface area contributed by atoms with Crippen molar-refractivity contribution in [1.82, 2.24) is 10.2 Å². The number of rotatable bonds is 4. The molecule has 2 N–H and O–H groups in total. The van der Waals surface area contributed by atoms with Crippen molar-refractivity contribution in [2.24, 2.45) is 5.92 Å². The lowest BCUT2D eigenvalue weighted by Gasteiger charge is -2.03. The third kappa shape index (κ3) is 2.84. The van der Waals surface area contributed by atoms with Gasteiger partial charge in [-0.25, -0.2) is 0 Å². The molecule has 72 valence electrons. The Labute approximate surface area is 84.5 Å². The number of aromatic nitrogens is 2. The predicted molar refractivity (Wildman–Crippen MR) is 51.4 cm³/mol. The molecular weight excluding hydrogens is 236 g/mol. The zero-order valence-electron chi connectivity index (χ0n) is 7.25. The molecule has 1 unspecified atom stereocenters. The summed E-state index contributed by atoms with van der Waals surface area (Å²) in [6.07, 6.45) is 2.99. The number of nitrogens with zero attached hydrogens (tertiary/aromatic N) is 1. The van der Waals surface area contributed by atoms with Crippen molar-refractivity contribution in [2.75, 3.05) is 0 Å². The topological polar surface area (TPSA) is 66.0 Å². The maximum Gasteiger partial charge on any atom is 0.306 e. The van der Waals surface area contributed by atoms with Gasteiger partial charge in [-0.1, -0.05) is 6.92 Å². The normalized spacial score (nSPS) is 12.8. The van der Waals surface area contributed by atoms with E-state index in [4.69, 9.17) is 5.11 Å². The van der Waals surface area contributed by atoms with Gasteiger partial charge in [-0.05, 0) is 28.8 Å². The lowest BCUT2D eigenvalue weighted by atomic mass is 10.1. The molecule has 0 aromatic carbocycles. The lowest BCUT2D eigenvalue weighted by molar-refractivity contribution is -0.141. The van der Waals surface area contributed by atoms with Gasteiger partial charge < -0.3 is 5.11 Å². The highest BCUT2D eigenvalue weighted by Gasteiger charge is 2.11. The third-order valence-corrected chi connectivity index (χ3v) is 2.60. The van der Waals surface area contributed by atoms with Gasteiger partial charge in [0.2, 0.25) is 0 Å². The minimum Gasteiger partial charge on any atom is -0.481 e. The molecule has 0 saturated carbocycles. The van der Waals surface area contributed by atoms with Gasteiger partial charge in [0.1, 0.15) is 0 Å². The number of carbonyl (C=O) groups is 1. The quantitative estimate of drug-likeness (QED) is 0.852. The molecule has 4 nitrogen and oxygen atoms in total. The molecular formula is C8H11BrN2O2. The highest BCUT2D eigenvalue weighted by atomic mass is 79.9. The number of hydrogen-bond donors (Lipinski definition) is 2. The Bertz CT molecular complexity index is 298. The summed E-state index contributed by atoms with van der Waals surface area (Å²) in [4.78, 5) is 10.5. The largest absolute Gasteiger partial charge is 0.481 e. The van der Waals surface area contributed by atoms with Crippen LogP contribution in [0.15, 0.2) is 10.7 Å². The van der Waals surface area contributed by atoms with Gasteiger partial charge in [-0.15, -0.1) is 0 Å². The predicted octanol–water partition coefficient (Wildman–Crippen LogP) is 1.83. The molecule has 1 aromatic rings. The molecule has 0 radical (unpaired) electrons. The van der Waals surface area contributed by atoms with Crippen molar-refractivity contribution in [3.05, 3.63) is 16.4 Å². The van der Waals surface area contributed by atoms with Crippen molar-refractivity contribution in [1.29, 1.82) is 0 Å². The summed E-state index contributed by atoms with van der Waals surface area (Å²) in [5.41, 5.74) is 0.952. The van der Waals surface area contributed by atoms with Crippen molar-refractivity contribution in [3.63, 3.8) is 0 Å². The first-order valence-electron chi connectivity index (χ1n) is 4.02.